The predicted molar refractivity (Wildman–Crippen MR) is 107 cm³/mol. The standard InChI is InChI=1S/C22H20N4O2/c1-28-18-13-11-17(12-14-18)22(16-7-3-2-4-8-16)23-21(27)15-26-20-10-6-5-9-19(20)24-25-26/h2-14,22H,15H2,1H3,(H,23,27)/t22-/m1/s1. The molecule has 0 aliphatic rings. The lowest BCUT2D eigenvalue weighted by molar-refractivity contribution is -0.122. The van der Waals surface area contributed by atoms with E-state index >= 15 is 0 Å². The van der Waals surface area contributed by atoms with Gasteiger partial charge in [-0.3, -0.25) is 4.79 Å². The molecule has 0 saturated heterocycles. The second-order valence-electron chi connectivity index (χ2n) is 6.42. The highest BCUT2D eigenvalue weighted by Gasteiger charge is 2.18. The molecule has 1 aromatic heterocycles. The molecule has 3 aromatic carbocycles. The van der Waals surface area contributed by atoms with Gasteiger partial charge in [-0.1, -0.05) is 59.8 Å². The number of carbonyl (C=O) groups is 1. The second-order valence-corrected chi connectivity index (χ2v) is 6.42. The van der Waals surface area contributed by atoms with E-state index < -0.39 is 0 Å². The number of fused-ring (bicyclic) bond motifs is 1. The normalized spacial score (nSPS) is 11.9. The van der Waals surface area contributed by atoms with Crippen molar-refractivity contribution in [3.8, 4) is 5.75 Å². The number of methoxy groups -OCH3 is 1. The third kappa shape index (κ3) is 3.71. The Morgan fingerprint density at radius 2 is 1.64 bits per heavy atom. The van der Waals surface area contributed by atoms with E-state index in [1.54, 1.807) is 11.8 Å². The molecule has 1 amide bonds. The van der Waals surface area contributed by atoms with Crippen molar-refractivity contribution in [3.05, 3.63) is 90.0 Å². The maximum atomic E-state index is 12.8. The topological polar surface area (TPSA) is 69.0 Å². The summed E-state index contributed by atoms with van der Waals surface area (Å²) in [7, 11) is 1.63. The highest BCUT2D eigenvalue weighted by Crippen LogP contribution is 2.24. The van der Waals surface area contributed by atoms with Crippen molar-refractivity contribution in [2.24, 2.45) is 0 Å². The average molecular weight is 372 g/mol. The molecule has 1 atom stereocenters. The summed E-state index contributed by atoms with van der Waals surface area (Å²) in [6, 6.07) is 24.9. The van der Waals surface area contributed by atoms with Crippen LogP contribution >= 0.6 is 0 Å². The minimum absolute atomic E-state index is 0.0972. The van der Waals surface area contributed by atoms with E-state index in [1.807, 2.05) is 78.9 Å². The Morgan fingerprint density at radius 3 is 2.39 bits per heavy atom. The van der Waals surface area contributed by atoms with Crippen molar-refractivity contribution in [1.82, 2.24) is 20.3 Å². The summed E-state index contributed by atoms with van der Waals surface area (Å²) >= 11 is 0. The van der Waals surface area contributed by atoms with Gasteiger partial charge in [0.25, 0.3) is 0 Å². The van der Waals surface area contributed by atoms with Gasteiger partial charge in [-0.2, -0.15) is 0 Å². The zero-order chi connectivity index (χ0) is 19.3. The van der Waals surface area contributed by atoms with Crippen LogP contribution in [0.5, 0.6) is 5.75 Å². The van der Waals surface area contributed by atoms with E-state index in [1.165, 1.54) is 0 Å². The van der Waals surface area contributed by atoms with E-state index in [0.29, 0.717) is 0 Å². The lowest BCUT2D eigenvalue weighted by Crippen LogP contribution is -2.32. The Bertz CT molecular complexity index is 1070. The van der Waals surface area contributed by atoms with Gasteiger partial charge in [-0.15, -0.1) is 5.10 Å². The number of para-hydroxylation sites is 1. The van der Waals surface area contributed by atoms with Gasteiger partial charge in [-0.25, -0.2) is 4.68 Å². The molecule has 4 rings (SSSR count). The van der Waals surface area contributed by atoms with Crippen molar-refractivity contribution in [2.45, 2.75) is 12.6 Å². The van der Waals surface area contributed by atoms with Crippen molar-refractivity contribution < 1.29 is 9.53 Å². The molecular weight excluding hydrogens is 352 g/mol. The molecule has 6 nitrogen and oxygen atoms in total. The van der Waals surface area contributed by atoms with E-state index in [4.69, 9.17) is 4.74 Å². The average Bonchev–Trinajstić information content (AvgIpc) is 3.15. The van der Waals surface area contributed by atoms with Crippen molar-refractivity contribution in [1.29, 1.82) is 0 Å². The van der Waals surface area contributed by atoms with Gasteiger partial charge < -0.3 is 10.1 Å². The molecule has 0 fully saturated rings. The second kappa shape index (κ2) is 7.92. The highest BCUT2D eigenvalue weighted by molar-refractivity contribution is 5.80. The minimum Gasteiger partial charge on any atom is -0.497 e. The van der Waals surface area contributed by atoms with Crippen LogP contribution in [0.3, 0.4) is 0 Å². The molecule has 1 N–H and O–H groups in total. The smallest absolute Gasteiger partial charge is 0.242 e. The summed E-state index contributed by atoms with van der Waals surface area (Å²) in [6.45, 7) is 0.0972. The first-order valence-corrected chi connectivity index (χ1v) is 9.01. The van der Waals surface area contributed by atoms with Crippen LogP contribution in [0.4, 0.5) is 0 Å². The van der Waals surface area contributed by atoms with E-state index in [-0.39, 0.29) is 18.5 Å². The van der Waals surface area contributed by atoms with E-state index in [0.717, 1.165) is 27.9 Å². The van der Waals surface area contributed by atoms with E-state index in [2.05, 4.69) is 15.6 Å². The first kappa shape index (κ1) is 17.7. The lowest BCUT2D eigenvalue weighted by Gasteiger charge is -2.20. The lowest BCUT2D eigenvalue weighted by atomic mass is 9.98. The Balaban J connectivity index is 1.59. The van der Waals surface area contributed by atoms with Gasteiger partial charge in [0, 0.05) is 0 Å². The molecule has 0 aliphatic heterocycles. The van der Waals surface area contributed by atoms with Gasteiger partial charge in [0.05, 0.1) is 18.7 Å². The van der Waals surface area contributed by atoms with Crippen LogP contribution in [0.15, 0.2) is 78.9 Å². The summed E-state index contributed by atoms with van der Waals surface area (Å²) in [5, 5.41) is 11.3. The Labute approximate surface area is 162 Å². The summed E-state index contributed by atoms with van der Waals surface area (Å²) in [6.07, 6.45) is 0. The van der Waals surface area contributed by atoms with Gasteiger partial charge in [0.1, 0.15) is 17.8 Å². The number of aromatic nitrogens is 3. The fourth-order valence-electron chi connectivity index (χ4n) is 3.18. The number of amides is 1. The number of hydrogen-bond acceptors (Lipinski definition) is 4. The first-order chi connectivity index (χ1) is 13.7. The third-order valence-electron chi connectivity index (χ3n) is 4.60. The molecule has 0 aliphatic carbocycles. The quantitative estimate of drug-likeness (QED) is 0.564. The molecule has 0 radical (unpaired) electrons. The van der Waals surface area contributed by atoms with Crippen LogP contribution < -0.4 is 10.1 Å². The summed E-state index contributed by atoms with van der Waals surface area (Å²) < 4.78 is 6.85. The molecule has 6 heteroatoms. The molecular formula is C22H20N4O2. The predicted octanol–water partition coefficient (Wildman–Crippen LogP) is 3.35. The molecule has 1 heterocycles. The Kier molecular flexibility index (Phi) is 5.01. The number of benzene rings is 3. The number of ether oxygens (including phenoxy) is 1. The molecule has 140 valence electrons. The Hall–Kier alpha value is -3.67. The Morgan fingerprint density at radius 1 is 0.964 bits per heavy atom. The maximum absolute atomic E-state index is 12.8. The summed E-state index contributed by atoms with van der Waals surface area (Å²) in [5.74, 6) is 0.635. The van der Waals surface area contributed by atoms with Crippen LogP contribution in [0.1, 0.15) is 17.2 Å². The number of nitrogens with one attached hydrogen (secondary N) is 1. The molecule has 0 spiro atoms. The molecule has 4 aromatic rings. The minimum atomic E-state index is -0.269. The van der Waals surface area contributed by atoms with Crippen molar-refractivity contribution in [2.75, 3.05) is 7.11 Å². The van der Waals surface area contributed by atoms with Gasteiger partial charge >= 0.3 is 0 Å². The SMILES string of the molecule is COc1ccc([C@H](NC(=O)Cn2nnc3ccccc32)c2ccccc2)cc1. The zero-order valence-corrected chi connectivity index (χ0v) is 15.4. The van der Waals surface area contributed by atoms with E-state index in [9.17, 15) is 4.79 Å². The summed E-state index contributed by atoms with van der Waals surface area (Å²) in [5.41, 5.74) is 3.58. The molecule has 0 saturated carbocycles. The summed E-state index contributed by atoms with van der Waals surface area (Å²) in [4.78, 5) is 12.8. The number of rotatable bonds is 6. The molecule has 28 heavy (non-hydrogen) atoms. The first-order valence-electron chi connectivity index (χ1n) is 9.01. The van der Waals surface area contributed by atoms with Crippen LogP contribution in [-0.4, -0.2) is 28.0 Å². The fraction of sp³-hybridized carbons (Fsp3) is 0.136. The van der Waals surface area contributed by atoms with Crippen LogP contribution in [-0.2, 0) is 11.3 Å². The number of carbonyl (C=O) groups excluding carboxylic acids is 1. The third-order valence-corrected chi connectivity index (χ3v) is 4.60. The van der Waals surface area contributed by atoms with Crippen LogP contribution in [0.2, 0.25) is 0 Å². The largest absolute Gasteiger partial charge is 0.497 e. The van der Waals surface area contributed by atoms with Crippen molar-refractivity contribution in [3.63, 3.8) is 0 Å². The maximum Gasteiger partial charge on any atom is 0.242 e. The number of nitrogens with zero attached hydrogens (tertiary/aromatic N) is 3. The fourth-order valence-corrected chi connectivity index (χ4v) is 3.18. The van der Waals surface area contributed by atoms with Crippen molar-refractivity contribution >= 4 is 16.9 Å². The van der Waals surface area contributed by atoms with Crippen LogP contribution in [0.25, 0.3) is 11.0 Å². The molecule has 0 bridgehead atoms. The van der Waals surface area contributed by atoms with Gasteiger partial charge in [0.15, 0.2) is 0 Å². The van der Waals surface area contributed by atoms with Gasteiger partial charge in [0.2, 0.25) is 5.91 Å². The molecule has 0 unspecified atom stereocenters. The van der Waals surface area contributed by atoms with Gasteiger partial charge in [-0.05, 0) is 35.4 Å². The number of hydrogen-bond donors (Lipinski definition) is 1. The highest BCUT2D eigenvalue weighted by atomic mass is 16.5. The monoisotopic (exact) mass is 372 g/mol. The zero-order valence-electron chi connectivity index (χ0n) is 15.4. The van der Waals surface area contributed by atoms with Crippen LogP contribution in [0, 0.1) is 0 Å².